The Morgan fingerprint density at radius 3 is 2.55 bits per heavy atom. The third-order valence-electron chi connectivity index (χ3n) is 3.04. The van der Waals surface area contributed by atoms with Crippen LogP contribution < -0.4 is 9.47 Å². The third-order valence-corrected chi connectivity index (χ3v) is 3.04. The molecule has 5 nitrogen and oxygen atoms in total. The number of hydrogen-bond donors (Lipinski definition) is 1. The van der Waals surface area contributed by atoms with Crippen LogP contribution in [0.1, 0.15) is 35.3 Å². The summed E-state index contributed by atoms with van der Waals surface area (Å²) < 4.78 is 11.1. The van der Waals surface area contributed by atoms with Gasteiger partial charge in [-0.3, -0.25) is 0 Å². The molecular weight excluding hydrogens is 282 g/mol. The molecule has 1 aromatic carbocycles. The number of carbonyl (C=O) groups is 1. The number of aromatic carboxylic acids is 1. The van der Waals surface area contributed by atoms with Crippen molar-refractivity contribution in [3.8, 4) is 11.6 Å². The van der Waals surface area contributed by atoms with Gasteiger partial charge in [-0.2, -0.15) is 0 Å². The average molecular weight is 301 g/mol. The van der Waals surface area contributed by atoms with Gasteiger partial charge in [-0.15, -0.1) is 0 Å². The van der Waals surface area contributed by atoms with E-state index in [2.05, 4.69) is 4.98 Å². The summed E-state index contributed by atoms with van der Waals surface area (Å²) in [5.74, 6) is -0.499. The van der Waals surface area contributed by atoms with Crippen molar-refractivity contribution in [1.82, 2.24) is 4.98 Å². The monoisotopic (exact) mass is 301 g/mol. The molecular formula is C17H19NO4. The molecule has 5 heteroatoms. The van der Waals surface area contributed by atoms with Crippen LogP contribution in [0.15, 0.2) is 36.5 Å². The third kappa shape index (κ3) is 3.75. The first-order valence-electron chi connectivity index (χ1n) is 7.05. The van der Waals surface area contributed by atoms with Crippen LogP contribution in [0.5, 0.6) is 11.6 Å². The summed E-state index contributed by atoms with van der Waals surface area (Å²) in [5.41, 5.74) is 1.51. The molecule has 1 aromatic heterocycles. The predicted molar refractivity (Wildman–Crippen MR) is 82.5 cm³/mol. The molecule has 0 atom stereocenters. The number of ether oxygens (including phenoxy) is 2. The minimum atomic E-state index is -1.06. The Bertz CT molecular complexity index is 653. The first kappa shape index (κ1) is 15.8. The Morgan fingerprint density at radius 2 is 1.95 bits per heavy atom. The molecule has 1 N–H and O–H groups in total. The Balaban J connectivity index is 2.27. The van der Waals surface area contributed by atoms with E-state index in [1.807, 2.05) is 44.2 Å². The van der Waals surface area contributed by atoms with Gasteiger partial charge < -0.3 is 14.6 Å². The minimum absolute atomic E-state index is 0.0797. The lowest BCUT2D eigenvalue weighted by Gasteiger charge is -2.15. The van der Waals surface area contributed by atoms with Crippen molar-refractivity contribution in [3.05, 3.63) is 53.2 Å². The van der Waals surface area contributed by atoms with Gasteiger partial charge in [0.05, 0.1) is 12.3 Å². The van der Waals surface area contributed by atoms with Gasteiger partial charge in [-0.25, -0.2) is 9.78 Å². The zero-order chi connectivity index (χ0) is 16.1. The lowest BCUT2D eigenvalue weighted by atomic mass is 10.1. The molecule has 0 aliphatic heterocycles. The van der Waals surface area contributed by atoms with Crippen LogP contribution in [0.2, 0.25) is 0 Å². The van der Waals surface area contributed by atoms with E-state index in [1.54, 1.807) is 6.92 Å². The maximum atomic E-state index is 11.5. The Kier molecular flexibility index (Phi) is 4.99. The average Bonchev–Trinajstić information content (AvgIpc) is 2.48. The van der Waals surface area contributed by atoms with Crippen molar-refractivity contribution < 1.29 is 19.4 Å². The van der Waals surface area contributed by atoms with E-state index in [0.717, 1.165) is 5.56 Å². The first-order chi connectivity index (χ1) is 10.5. The normalized spacial score (nSPS) is 10.5. The molecule has 0 radical (unpaired) electrons. The molecule has 116 valence electrons. The van der Waals surface area contributed by atoms with Gasteiger partial charge in [0, 0.05) is 5.56 Å². The van der Waals surface area contributed by atoms with Crippen LogP contribution in [0.25, 0.3) is 0 Å². The highest BCUT2D eigenvalue weighted by molar-refractivity contribution is 5.93. The molecule has 22 heavy (non-hydrogen) atoms. The van der Waals surface area contributed by atoms with Crippen LogP contribution >= 0.6 is 0 Å². The zero-order valence-corrected chi connectivity index (χ0v) is 12.9. The van der Waals surface area contributed by atoms with Crippen molar-refractivity contribution in [2.24, 2.45) is 0 Å². The van der Waals surface area contributed by atoms with Gasteiger partial charge in [-0.05, 0) is 26.3 Å². The second-order valence-corrected chi connectivity index (χ2v) is 5.17. The van der Waals surface area contributed by atoms with Gasteiger partial charge in [0.25, 0.3) is 0 Å². The summed E-state index contributed by atoms with van der Waals surface area (Å²) in [6, 6.07) is 9.55. The number of nitrogens with zero attached hydrogens (tertiary/aromatic N) is 1. The highest BCUT2D eigenvalue weighted by Gasteiger charge is 2.20. The number of rotatable bonds is 6. The summed E-state index contributed by atoms with van der Waals surface area (Å²) in [7, 11) is 0. The standard InChI is InChI=1S/C17H19NO4/c1-11(2)22-16-12(3)15(17(19)20)14(9-18-16)21-10-13-7-5-4-6-8-13/h4-9,11H,10H2,1-3H3,(H,19,20). The van der Waals surface area contributed by atoms with E-state index >= 15 is 0 Å². The smallest absolute Gasteiger partial charge is 0.340 e. The molecule has 1 heterocycles. The fourth-order valence-electron chi connectivity index (χ4n) is 2.02. The van der Waals surface area contributed by atoms with Crippen molar-refractivity contribution in [1.29, 1.82) is 0 Å². The van der Waals surface area contributed by atoms with Crippen molar-refractivity contribution in [2.45, 2.75) is 33.5 Å². The van der Waals surface area contributed by atoms with Crippen molar-refractivity contribution in [3.63, 3.8) is 0 Å². The summed E-state index contributed by atoms with van der Waals surface area (Å²) >= 11 is 0. The lowest BCUT2D eigenvalue weighted by Crippen LogP contribution is -2.12. The molecule has 0 unspecified atom stereocenters. The number of benzene rings is 1. The number of carboxylic acid groups (broad SMARTS) is 1. The summed E-state index contributed by atoms with van der Waals surface area (Å²) in [5, 5.41) is 9.44. The number of aromatic nitrogens is 1. The summed E-state index contributed by atoms with van der Waals surface area (Å²) in [6.07, 6.45) is 1.32. The Hall–Kier alpha value is -2.56. The second kappa shape index (κ2) is 6.93. The fraction of sp³-hybridized carbons (Fsp3) is 0.294. The maximum Gasteiger partial charge on any atom is 0.340 e. The van der Waals surface area contributed by atoms with Crippen molar-refractivity contribution >= 4 is 5.97 Å². The van der Waals surface area contributed by atoms with Crippen LogP contribution in [-0.2, 0) is 6.61 Å². The number of hydrogen-bond acceptors (Lipinski definition) is 4. The zero-order valence-electron chi connectivity index (χ0n) is 12.9. The van der Waals surface area contributed by atoms with E-state index < -0.39 is 5.97 Å². The minimum Gasteiger partial charge on any atom is -0.486 e. The van der Waals surface area contributed by atoms with Crippen LogP contribution in [0, 0.1) is 6.92 Å². The molecule has 0 saturated heterocycles. The highest BCUT2D eigenvalue weighted by atomic mass is 16.5. The quantitative estimate of drug-likeness (QED) is 0.885. The molecule has 0 spiro atoms. The van der Waals surface area contributed by atoms with Gasteiger partial charge >= 0.3 is 5.97 Å². The van der Waals surface area contributed by atoms with Crippen LogP contribution in [0.4, 0.5) is 0 Å². The van der Waals surface area contributed by atoms with E-state index in [4.69, 9.17) is 9.47 Å². The largest absolute Gasteiger partial charge is 0.486 e. The van der Waals surface area contributed by atoms with Crippen LogP contribution in [0.3, 0.4) is 0 Å². The van der Waals surface area contributed by atoms with Gasteiger partial charge in [0.15, 0.2) is 5.75 Å². The SMILES string of the molecule is Cc1c(OC(C)C)ncc(OCc2ccccc2)c1C(=O)O. The Labute approximate surface area is 129 Å². The molecule has 0 saturated carbocycles. The van der Waals surface area contributed by atoms with E-state index in [1.165, 1.54) is 6.20 Å². The lowest BCUT2D eigenvalue weighted by molar-refractivity contribution is 0.0689. The molecule has 2 rings (SSSR count). The van der Waals surface area contributed by atoms with E-state index in [-0.39, 0.29) is 24.0 Å². The second-order valence-electron chi connectivity index (χ2n) is 5.17. The first-order valence-corrected chi connectivity index (χ1v) is 7.05. The molecule has 0 bridgehead atoms. The van der Waals surface area contributed by atoms with E-state index in [9.17, 15) is 9.90 Å². The fourth-order valence-corrected chi connectivity index (χ4v) is 2.02. The predicted octanol–water partition coefficient (Wildman–Crippen LogP) is 3.45. The summed E-state index contributed by atoms with van der Waals surface area (Å²) in [6.45, 7) is 5.68. The molecule has 0 amide bonds. The molecule has 2 aromatic rings. The molecule has 0 aliphatic rings. The summed E-state index contributed by atoms with van der Waals surface area (Å²) in [4.78, 5) is 15.7. The van der Waals surface area contributed by atoms with Gasteiger partial charge in [0.1, 0.15) is 12.2 Å². The Morgan fingerprint density at radius 1 is 1.27 bits per heavy atom. The maximum absolute atomic E-state index is 11.5. The van der Waals surface area contributed by atoms with Crippen molar-refractivity contribution in [2.75, 3.05) is 0 Å². The van der Waals surface area contributed by atoms with Gasteiger partial charge in [-0.1, -0.05) is 30.3 Å². The van der Waals surface area contributed by atoms with E-state index in [0.29, 0.717) is 11.4 Å². The topological polar surface area (TPSA) is 68.7 Å². The molecule has 0 fully saturated rings. The molecule has 0 aliphatic carbocycles. The highest BCUT2D eigenvalue weighted by Crippen LogP contribution is 2.28. The van der Waals surface area contributed by atoms with Crippen LogP contribution in [-0.4, -0.2) is 22.2 Å². The number of pyridine rings is 1. The van der Waals surface area contributed by atoms with Gasteiger partial charge in [0.2, 0.25) is 5.88 Å². The number of carboxylic acids is 1.